The summed E-state index contributed by atoms with van der Waals surface area (Å²) in [6.07, 6.45) is 3.24. The average Bonchev–Trinajstić information content (AvgIpc) is 2.91. The van der Waals surface area contributed by atoms with Gasteiger partial charge in [0.25, 0.3) is 0 Å². The van der Waals surface area contributed by atoms with Crippen LogP contribution in [0.2, 0.25) is 5.02 Å². The molecule has 40 heavy (non-hydrogen) atoms. The first-order valence-electron chi connectivity index (χ1n) is 12.6. The molecule has 2 aromatic carbocycles. The molecule has 0 saturated carbocycles. The molecule has 0 aliphatic carbocycles. The topological polar surface area (TPSA) is 136 Å². The molecule has 3 N–H and O–H groups in total. The van der Waals surface area contributed by atoms with Gasteiger partial charge in [0.15, 0.2) is 11.5 Å². The van der Waals surface area contributed by atoms with Gasteiger partial charge in [-0.05, 0) is 53.9 Å². The van der Waals surface area contributed by atoms with E-state index in [4.69, 9.17) is 21.1 Å². The first-order valence-corrected chi connectivity index (χ1v) is 13.0. The Kier molecular flexibility index (Phi) is 8.48. The molecule has 0 radical (unpaired) electrons. The van der Waals surface area contributed by atoms with Crippen LogP contribution in [0.3, 0.4) is 0 Å². The normalized spacial score (nSPS) is 14.2. The number of rotatable bonds is 11. The Labute approximate surface area is 235 Å². The first kappa shape index (κ1) is 27.0. The molecular formula is C29H26ClN5O5. The highest BCUT2D eigenvalue weighted by Crippen LogP contribution is 2.23. The van der Waals surface area contributed by atoms with Gasteiger partial charge in [-0.15, -0.1) is 0 Å². The Morgan fingerprint density at radius 1 is 1.00 bits per heavy atom. The lowest BCUT2D eigenvalue weighted by Gasteiger charge is -2.27. The average molecular weight is 560 g/mol. The number of halogens is 1. The third-order valence-electron chi connectivity index (χ3n) is 6.14. The van der Waals surface area contributed by atoms with E-state index in [2.05, 4.69) is 25.6 Å². The van der Waals surface area contributed by atoms with Crippen LogP contribution in [0.5, 0.6) is 11.6 Å². The molecule has 1 atom stereocenters. The van der Waals surface area contributed by atoms with Gasteiger partial charge < -0.3 is 25.2 Å². The summed E-state index contributed by atoms with van der Waals surface area (Å²) in [7, 11) is 0. The molecule has 1 aliphatic heterocycles. The highest BCUT2D eigenvalue weighted by Gasteiger charge is 2.19. The third-order valence-corrected chi connectivity index (χ3v) is 6.40. The quantitative estimate of drug-likeness (QED) is 0.232. The third kappa shape index (κ3) is 7.31. The number of aromatic nitrogens is 3. The number of nitrogens with zero attached hydrogens (tertiary/aromatic N) is 3. The van der Waals surface area contributed by atoms with Gasteiger partial charge in [-0.25, -0.2) is 14.8 Å². The molecule has 10 nitrogen and oxygen atoms in total. The molecule has 204 valence electrons. The molecule has 1 saturated heterocycles. The van der Waals surface area contributed by atoms with Crippen LogP contribution in [0.1, 0.15) is 33.9 Å². The maximum atomic E-state index is 12.8. The molecule has 0 spiro atoms. The van der Waals surface area contributed by atoms with Crippen molar-refractivity contribution in [2.45, 2.75) is 25.4 Å². The van der Waals surface area contributed by atoms with Crippen LogP contribution in [0, 0.1) is 0 Å². The van der Waals surface area contributed by atoms with Crippen molar-refractivity contribution in [2.24, 2.45) is 0 Å². The van der Waals surface area contributed by atoms with Gasteiger partial charge in [0.2, 0.25) is 11.8 Å². The molecule has 11 heteroatoms. The monoisotopic (exact) mass is 559 g/mol. The van der Waals surface area contributed by atoms with Crippen LogP contribution < -0.4 is 15.4 Å². The van der Waals surface area contributed by atoms with E-state index < -0.39 is 5.97 Å². The van der Waals surface area contributed by atoms with Gasteiger partial charge in [0.1, 0.15) is 11.6 Å². The Bertz CT molecular complexity index is 1490. The molecule has 1 fully saturated rings. The van der Waals surface area contributed by atoms with Crippen molar-refractivity contribution in [3.63, 3.8) is 0 Å². The number of hydrogen-bond donors (Lipinski definition) is 3. The zero-order valence-electron chi connectivity index (χ0n) is 21.3. The van der Waals surface area contributed by atoms with E-state index in [0.29, 0.717) is 47.7 Å². The van der Waals surface area contributed by atoms with Gasteiger partial charge in [-0.2, -0.15) is 4.98 Å². The summed E-state index contributed by atoms with van der Waals surface area (Å²) in [4.78, 5) is 37.1. The van der Waals surface area contributed by atoms with Crippen molar-refractivity contribution < 1.29 is 24.2 Å². The van der Waals surface area contributed by atoms with E-state index in [-0.39, 0.29) is 29.9 Å². The number of carbonyl (C=O) groups excluding carboxylic acids is 1. The van der Waals surface area contributed by atoms with Crippen LogP contribution in [-0.2, 0) is 22.4 Å². The summed E-state index contributed by atoms with van der Waals surface area (Å²) in [5, 5.41) is 15.9. The number of pyridine rings is 1. The van der Waals surface area contributed by atoms with Gasteiger partial charge in [0.05, 0.1) is 18.2 Å². The Morgan fingerprint density at radius 3 is 2.45 bits per heavy atom. The fourth-order valence-electron chi connectivity index (χ4n) is 3.95. The van der Waals surface area contributed by atoms with Crippen molar-refractivity contribution in [1.29, 1.82) is 0 Å². The van der Waals surface area contributed by atoms with E-state index in [1.54, 1.807) is 36.5 Å². The lowest BCUT2D eigenvalue weighted by atomic mass is 10.1. The number of carboxylic acid groups (broad SMARTS) is 1. The second-order valence-corrected chi connectivity index (χ2v) is 9.58. The highest BCUT2D eigenvalue weighted by atomic mass is 35.5. The van der Waals surface area contributed by atoms with E-state index in [1.807, 2.05) is 24.3 Å². The molecule has 5 rings (SSSR count). The number of hydrogen-bond acceptors (Lipinski definition) is 8. The second-order valence-electron chi connectivity index (χ2n) is 9.15. The summed E-state index contributed by atoms with van der Waals surface area (Å²) in [5.74, 6) is 0.459. The molecule has 3 heterocycles. The number of benzene rings is 2. The van der Waals surface area contributed by atoms with E-state index >= 15 is 0 Å². The lowest BCUT2D eigenvalue weighted by Crippen LogP contribution is -2.34. The molecule has 1 aliphatic rings. The second kappa shape index (κ2) is 12.5. The SMILES string of the molecule is O=C(Cc1ccc(Oc2ccnc(Cc3ccc(Cl)cc3)n2)cc1)Nc1ccc(C(=O)O)nc1NCC1CCO1. The lowest BCUT2D eigenvalue weighted by molar-refractivity contribution is -0.115. The van der Waals surface area contributed by atoms with Crippen molar-refractivity contribution in [3.8, 4) is 11.6 Å². The largest absolute Gasteiger partial charge is 0.477 e. The van der Waals surface area contributed by atoms with Gasteiger partial charge >= 0.3 is 5.97 Å². The highest BCUT2D eigenvalue weighted by molar-refractivity contribution is 6.30. The Morgan fingerprint density at radius 2 is 1.75 bits per heavy atom. The maximum Gasteiger partial charge on any atom is 0.354 e. The molecule has 1 amide bonds. The van der Waals surface area contributed by atoms with Crippen LogP contribution in [0.25, 0.3) is 0 Å². The Hall–Kier alpha value is -4.54. The number of carbonyl (C=O) groups is 2. The molecular weight excluding hydrogens is 534 g/mol. The van der Waals surface area contributed by atoms with Gasteiger partial charge in [-0.3, -0.25) is 4.79 Å². The van der Waals surface area contributed by atoms with Crippen LogP contribution in [0.15, 0.2) is 72.9 Å². The minimum atomic E-state index is -1.15. The predicted octanol–water partition coefficient (Wildman–Crippen LogP) is 4.99. The first-order chi connectivity index (χ1) is 19.4. The van der Waals surface area contributed by atoms with Crippen molar-refractivity contribution in [2.75, 3.05) is 23.8 Å². The summed E-state index contributed by atoms with van der Waals surface area (Å²) in [5.41, 5.74) is 2.08. The Balaban J connectivity index is 1.18. The number of nitrogens with one attached hydrogen (secondary N) is 2. The molecule has 0 bridgehead atoms. The smallest absolute Gasteiger partial charge is 0.354 e. The number of ether oxygens (including phenoxy) is 2. The summed E-state index contributed by atoms with van der Waals surface area (Å²) < 4.78 is 11.3. The van der Waals surface area contributed by atoms with Crippen LogP contribution in [-0.4, -0.2) is 51.2 Å². The summed E-state index contributed by atoms with van der Waals surface area (Å²) in [6, 6.07) is 19.2. The minimum absolute atomic E-state index is 0.0389. The fourth-order valence-corrected chi connectivity index (χ4v) is 4.08. The van der Waals surface area contributed by atoms with Crippen molar-refractivity contribution in [3.05, 3.63) is 101 Å². The fraction of sp³-hybridized carbons (Fsp3) is 0.207. The number of aromatic carboxylic acids is 1. The minimum Gasteiger partial charge on any atom is -0.477 e. The maximum absolute atomic E-state index is 12.8. The van der Waals surface area contributed by atoms with E-state index in [9.17, 15) is 14.7 Å². The van der Waals surface area contributed by atoms with Gasteiger partial charge in [-0.1, -0.05) is 35.9 Å². The van der Waals surface area contributed by atoms with Crippen molar-refractivity contribution >= 4 is 35.0 Å². The summed E-state index contributed by atoms with van der Waals surface area (Å²) in [6.45, 7) is 1.17. The molecule has 2 aromatic heterocycles. The number of carboxylic acids is 1. The molecule has 1 unspecified atom stereocenters. The zero-order valence-corrected chi connectivity index (χ0v) is 22.1. The van der Waals surface area contributed by atoms with Gasteiger partial charge in [0, 0.05) is 36.9 Å². The molecule has 4 aromatic rings. The zero-order chi connectivity index (χ0) is 27.9. The number of anilines is 2. The van der Waals surface area contributed by atoms with Crippen LogP contribution in [0.4, 0.5) is 11.5 Å². The van der Waals surface area contributed by atoms with Crippen molar-refractivity contribution in [1.82, 2.24) is 15.0 Å². The summed E-state index contributed by atoms with van der Waals surface area (Å²) >= 11 is 5.95. The predicted molar refractivity (Wildman–Crippen MR) is 149 cm³/mol. The van der Waals surface area contributed by atoms with Crippen LogP contribution >= 0.6 is 11.6 Å². The van der Waals surface area contributed by atoms with E-state index in [1.165, 1.54) is 12.1 Å². The van der Waals surface area contributed by atoms with E-state index in [0.717, 1.165) is 17.5 Å². The number of amides is 1. The standard InChI is InChI=1S/C29H26ClN5O5/c30-20-5-1-18(2-6-20)15-25-31-13-11-27(35-25)40-21-7-3-19(4-8-21)16-26(36)33-23-9-10-24(29(37)38)34-28(23)32-17-22-12-14-39-22/h1-11,13,22H,12,14-17H2,(H,32,34)(H,33,36)(H,37,38).